The van der Waals surface area contributed by atoms with Crippen molar-refractivity contribution in [3.63, 3.8) is 0 Å². The van der Waals surface area contributed by atoms with Gasteiger partial charge in [-0.25, -0.2) is 9.97 Å². The summed E-state index contributed by atoms with van der Waals surface area (Å²) in [7, 11) is 0. The smallest absolute Gasteiger partial charge is 0.261 e. The Kier molecular flexibility index (Phi) is 5.39. The third-order valence-corrected chi connectivity index (χ3v) is 10.0. The molecule has 0 N–H and O–H groups in total. The van der Waals surface area contributed by atoms with Crippen LogP contribution in [0.2, 0.25) is 0 Å². The van der Waals surface area contributed by atoms with Gasteiger partial charge in [0.25, 0.3) is 22.2 Å². The summed E-state index contributed by atoms with van der Waals surface area (Å²) in [5.74, 6) is 0. The van der Waals surface area contributed by atoms with Gasteiger partial charge in [0.2, 0.25) is 0 Å². The number of rotatable bonds is 6. The zero-order chi connectivity index (χ0) is 32.3. The van der Waals surface area contributed by atoms with Gasteiger partial charge in [-0.15, -0.1) is 0 Å². The summed E-state index contributed by atoms with van der Waals surface area (Å²) >= 11 is 0. The lowest BCUT2D eigenvalue weighted by molar-refractivity contribution is 0.658. The first-order chi connectivity index (χ1) is 23.5. The molecule has 0 bridgehead atoms. The number of aryl methyl sites for hydroxylation is 2. The molecule has 6 aromatic carbocycles. The predicted molar refractivity (Wildman–Crippen MR) is 191 cm³/mol. The Bertz CT molecular complexity index is 2920. The van der Waals surface area contributed by atoms with Crippen molar-refractivity contribution in [3.8, 4) is 0 Å². The largest absolute Gasteiger partial charge is 0.274 e. The van der Waals surface area contributed by atoms with E-state index in [0.717, 1.165) is 21.9 Å². The molecule has 0 saturated heterocycles. The molecule has 0 aliphatic carbocycles. The molecule has 228 valence electrons. The third-order valence-electron chi connectivity index (χ3n) is 10.0. The Morgan fingerprint density at radius 1 is 0.396 bits per heavy atom. The standard InChI is InChI=1S/C40H24N4O4/c45-37-23-11-13-27-33-31(23)25(39(47)43(37)17-15-21-7-3-1-4-8-21)19-29-35(33)36-30(42-27)20-26-32-24(12-14-28(41-29)34(32)36)38(46)44(40(26)48)18-16-22-9-5-2-6-10-22/h1-14,19-20H,15-18H2. The minimum absolute atomic E-state index is 0.255. The van der Waals surface area contributed by atoms with E-state index in [4.69, 9.17) is 9.97 Å². The highest BCUT2D eigenvalue weighted by Gasteiger charge is 2.26. The Hall–Kier alpha value is -6.28. The molecule has 10 aromatic rings. The van der Waals surface area contributed by atoms with Crippen LogP contribution in [-0.4, -0.2) is 19.1 Å². The third kappa shape index (κ3) is 3.54. The van der Waals surface area contributed by atoms with E-state index in [1.807, 2.05) is 72.8 Å². The summed E-state index contributed by atoms with van der Waals surface area (Å²) in [5.41, 5.74) is 3.13. The second-order valence-electron chi connectivity index (χ2n) is 12.6. The van der Waals surface area contributed by atoms with E-state index in [9.17, 15) is 19.2 Å². The van der Waals surface area contributed by atoms with Crippen LogP contribution in [0.4, 0.5) is 0 Å². The normalized spacial score (nSPS) is 12.4. The highest BCUT2D eigenvalue weighted by atomic mass is 16.2. The first-order valence-corrected chi connectivity index (χ1v) is 16.0. The Balaban J connectivity index is 1.26. The summed E-state index contributed by atoms with van der Waals surface area (Å²) in [5, 5.41) is 5.84. The second kappa shape index (κ2) is 9.62. The summed E-state index contributed by atoms with van der Waals surface area (Å²) in [6, 6.07) is 30.3. The summed E-state index contributed by atoms with van der Waals surface area (Å²) < 4.78 is 2.65. The summed E-state index contributed by atoms with van der Waals surface area (Å²) in [6.07, 6.45) is 1.09. The van der Waals surface area contributed by atoms with Gasteiger partial charge in [-0.2, -0.15) is 0 Å². The lowest BCUT2D eigenvalue weighted by atomic mass is 9.89. The van der Waals surface area contributed by atoms with E-state index in [2.05, 4.69) is 0 Å². The van der Waals surface area contributed by atoms with Gasteiger partial charge in [-0.3, -0.25) is 28.3 Å². The zero-order valence-corrected chi connectivity index (χ0v) is 25.5. The molecular formula is C40H24N4O4. The summed E-state index contributed by atoms with van der Waals surface area (Å²) in [6.45, 7) is 0.510. The minimum atomic E-state index is -0.354. The van der Waals surface area contributed by atoms with Gasteiger partial charge in [0.05, 0.1) is 32.8 Å². The molecule has 8 nitrogen and oxygen atoms in total. The van der Waals surface area contributed by atoms with Crippen LogP contribution in [0, 0.1) is 0 Å². The molecule has 0 spiro atoms. The molecule has 0 radical (unpaired) electrons. The van der Waals surface area contributed by atoms with E-state index in [0.29, 0.717) is 78.0 Å². The van der Waals surface area contributed by atoms with Crippen LogP contribution in [0.15, 0.2) is 116 Å². The van der Waals surface area contributed by atoms with Crippen molar-refractivity contribution in [2.24, 2.45) is 0 Å². The highest BCUT2D eigenvalue weighted by Crippen LogP contribution is 2.44. The van der Waals surface area contributed by atoms with Crippen LogP contribution in [0.5, 0.6) is 0 Å². The molecular weight excluding hydrogens is 600 g/mol. The fraction of sp³-hybridized carbons (Fsp3) is 0.100. The number of hydrogen-bond acceptors (Lipinski definition) is 6. The van der Waals surface area contributed by atoms with E-state index < -0.39 is 0 Å². The van der Waals surface area contributed by atoms with Crippen LogP contribution in [0.25, 0.3) is 75.9 Å². The van der Waals surface area contributed by atoms with E-state index in [1.165, 1.54) is 9.13 Å². The second-order valence-corrected chi connectivity index (χ2v) is 12.6. The Labute approximate surface area is 270 Å². The molecule has 0 aliphatic heterocycles. The highest BCUT2D eigenvalue weighted by molar-refractivity contribution is 6.39. The molecule has 8 heteroatoms. The quantitative estimate of drug-likeness (QED) is 0.170. The van der Waals surface area contributed by atoms with Crippen molar-refractivity contribution in [1.82, 2.24) is 19.1 Å². The lowest BCUT2D eigenvalue weighted by Crippen LogP contribution is -2.34. The monoisotopic (exact) mass is 624 g/mol. The molecule has 0 amide bonds. The first-order valence-electron chi connectivity index (χ1n) is 16.0. The fourth-order valence-corrected chi connectivity index (χ4v) is 7.83. The Morgan fingerprint density at radius 3 is 1.19 bits per heavy atom. The van der Waals surface area contributed by atoms with E-state index in [-0.39, 0.29) is 35.3 Å². The molecule has 0 atom stereocenters. The average Bonchev–Trinajstić information content (AvgIpc) is 3.12. The van der Waals surface area contributed by atoms with Gasteiger partial charge in [0.15, 0.2) is 0 Å². The van der Waals surface area contributed by atoms with Crippen molar-refractivity contribution in [3.05, 3.63) is 150 Å². The molecule has 0 saturated carbocycles. The van der Waals surface area contributed by atoms with Crippen LogP contribution in [-0.2, 0) is 25.9 Å². The molecule has 0 unspecified atom stereocenters. The van der Waals surface area contributed by atoms with Crippen LogP contribution < -0.4 is 22.2 Å². The van der Waals surface area contributed by atoms with Crippen LogP contribution in [0.1, 0.15) is 11.1 Å². The maximum atomic E-state index is 14.0. The number of hydrogen-bond donors (Lipinski definition) is 0. The SMILES string of the molecule is O=c1c2ccc3nc4cc5c(=O)n(CCc6ccccc6)c(=O)c6ccc7nc8cc(c(=O)n1CCc1ccccc1)c2c3c8c4c7c65. The lowest BCUT2D eigenvalue weighted by Gasteiger charge is -2.19. The maximum Gasteiger partial charge on any atom is 0.261 e. The van der Waals surface area contributed by atoms with Gasteiger partial charge in [0.1, 0.15) is 0 Å². The first kappa shape index (κ1) is 26.9. The van der Waals surface area contributed by atoms with Gasteiger partial charge in [0, 0.05) is 56.2 Å². The minimum Gasteiger partial charge on any atom is -0.274 e. The molecule has 48 heavy (non-hydrogen) atoms. The predicted octanol–water partition coefficient (Wildman–Crippen LogP) is 5.83. The number of pyridine rings is 4. The van der Waals surface area contributed by atoms with Crippen LogP contribution in [0.3, 0.4) is 0 Å². The zero-order valence-electron chi connectivity index (χ0n) is 25.5. The van der Waals surface area contributed by atoms with Gasteiger partial charge in [-0.05, 0) is 60.4 Å². The van der Waals surface area contributed by atoms with Gasteiger partial charge >= 0.3 is 0 Å². The van der Waals surface area contributed by atoms with Crippen molar-refractivity contribution < 1.29 is 0 Å². The maximum absolute atomic E-state index is 14.0. The molecule has 0 aliphatic rings. The number of nitrogens with zero attached hydrogens (tertiary/aromatic N) is 4. The Morgan fingerprint density at radius 2 is 0.771 bits per heavy atom. The van der Waals surface area contributed by atoms with Crippen LogP contribution >= 0.6 is 0 Å². The van der Waals surface area contributed by atoms with E-state index in [1.54, 1.807) is 24.3 Å². The fourth-order valence-electron chi connectivity index (χ4n) is 7.83. The van der Waals surface area contributed by atoms with Gasteiger partial charge in [-0.1, -0.05) is 60.7 Å². The molecule has 4 aromatic heterocycles. The molecule has 10 rings (SSSR count). The van der Waals surface area contributed by atoms with Crippen molar-refractivity contribution in [1.29, 1.82) is 0 Å². The number of aromatic nitrogens is 4. The summed E-state index contributed by atoms with van der Waals surface area (Å²) in [4.78, 5) is 65.8. The van der Waals surface area contributed by atoms with Crippen molar-refractivity contribution in [2.45, 2.75) is 25.9 Å². The van der Waals surface area contributed by atoms with E-state index >= 15 is 0 Å². The molecule has 0 fully saturated rings. The van der Waals surface area contributed by atoms with Gasteiger partial charge < -0.3 is 0 Å². The van der Waals surface area contributed by atoms with Crippen molar-refractivity contribution >= 4 is 75.9 Å². The van der Waals surface area contributed by atoms with Crippen molar-refractivity contribution in [2.75, 3.05) is 0 Å². The topological polar surface area (TPSA) is 104 Å². The molecule has 4 heterocycles. The average molecular weight is 625 g/mol. The number of benzene rings is 6.